The molecule has 3 N–H and O–H groups in total. The van der Waals surface area contributed by atoms with Gasteiger partial charge in [-0.2, -0.15) is 0 Å². The molecule has 19 heavy (non-hydrogen) atoms. The molecule has 0 saturated heterocycles. The fraction of sp³-hybridized carbons (Fsp3) is 0.636. The van der Waals surface area contributed by atoms with Gasteiger partial charge in [0, 0.05) is 13.1 Å². The Kier molecular flexibility index (Phi) is 6.13. The maximum absolute atomic E-state index is 11.9. The maximum atomic E-state index is 11.9. The van der Waals surface area contributed by atoms with E-state index in [0.29, 0.717) is 13.1 Å². The molecular formula is C11H21N5O2S. The molecule has 0 aliphatic rings. The van der Waals surface area contributed by atoms with Crippen LogP contribution < -0.4 is 10.5 Å². The topological polar surface area (TPSA) is 101 Å². The summed E-state index contributed by atoms with van der Waals surface area (Å²) in [5, 5.41) is 0. The summed E-state index contributed by atoms with van der Waals surface area (Å²) in [7, 11) is -3.55. The predicted molar refractivity (Wildman–Crippen MR) is 74.0 cm³/mol. The minimum atomic E-state index is -3.55. The third-order valence-electron chi connectivity index (χ3n) is 2.67. The molecule has 0 bridgehead atoms. The van der Waals surface area contributed by atoms with Crippen LogP contribution in [0, 0.1) is 0 Å². The first-order chi connectivity index (χ1) is 8.99. The smallest absolute Gasteiger partial charge is 0.243 e. The Balaban J connectivity index is 2.54. The number of rotatable bonds is 8. The van der Waals surface area contributed by atoms with Gasteiger partial charge in [0.1, 0.15) is 4.90 Å². The zero-order valence-electron chi connectivity index (χ0n) is 11.3. The van der Waals surface area contributed by atoms with Crippen LogP contribution in [-0.4, -0.2) is 49.5 Å². The molecule has 108 valence electrons. The fourth-order valence-corrected chi connectivity index (χ4v) is 2.54. The molecule has 0 radical (unpaired) electrons. The minimum Gasteiger partial charge on any atom is -0.368 e. The first kappa shape index (κ1) is 15.8. The zero-order chi connectivity index (χ0) is 14.3. The average molecular weight is 287 g/mol. The number of hydrogen-bond acceptors (Lipinski definition) is 6. The van der Waals surface area contributed by atoms with Crippen molar-refractivity contribution in [3.8, 4) is 0 Å². The minimum absolute atomic E-state index is 0.0280. The van der Waals surface area contributed by atoms with Crippen molar-refractivity contribution < 1.29 is 8.42 Å². The lowest BCUT2D eigenvalue weighted by Crippen LogP contribution is -2.35. The van der Waals surface area contributed by atoms with Gasteiger partial charge >= 0.3 is 0 Å². The van der Waals surface area contributed by atoms with Gasteiger partial charge in [-0.3, -0.25) is 0 Å². The van der Waals surface area contributed by atoms with Gasteiger partial charge in [0.15, 0.2) is 0 Å². The lowest BCUT2D eigenvalue weighted by molar-refractivity contribution is 0.293. The highest BCUT2D eigenvalue weighted by Crippen LogP contribution is 2.05. The van der Waals surface area contributed by atoms with Crippen molar-refractivity contribution >= 4 is 16.0 Å². The van der Waals surface area contributed by atoms with Gasteiger partial charge < -0.3 is 10.6 Å². The van der Waals surface area contributed by atoms with E-state index < -0.39 is 10.0 Å². The first-order valence-electron chi connectivity index (χ1n) is 6.29. The molecule has 1 aromatic rings. The van der Waals surface area contributed by atoms with Gasteiger partial charge in [-0.1, -0.05) is 13.8 Å². The van der Waals surface area contributed by atoms with Crippen molar-refractivity contribution in [2.75, 3.05) is 31.9 Å². The number of hydrogen-bond donors (Lipinski definition) is 2. The number of aromatic nitrogens is 2. The number of nitrogens with one attached hydrogen (secondary N) is 1. The molecule has 0 aliphatic carbocycles. The van der Waals surface area contributed by atoms with Crippen molar-refractivity contribution in [2.45, 2.75) is 25.2 Å². The maximum Gasteiger partial charge on any atom is 0.243 e. The summed E-state index contributed by atoms with van der Waals surface area (Å²) in [5.74, 6) is 0.0547. The van der Waals surface area contributed by atoms with Gasteiger partial charge in [0.25, 0.3) is 0 Å². The van der Waals surface area contributed by atoms with E-state index in [1.165, 1.54) is 12.4 Å². The van der Waals surface area contributed by atoms with E-state index in [9.17, 15) is 8.42 Å². The summed E-state index contributed by atoms with van der Waals surface area (Å²) < 4.78 is 26.4. The zero-order valence-corrected chi connectivity index (χ0v) is 12.2. The summed E-state index contributed by atoms with van der Waals surface area (Å²) in [6, 6.07) is 0. The van der Waals surface area contributed by atoms with Crippen LogP contribution in [0.1, 0.15) is 20.3 Å². The van der Waals surface area contributed by atoms with Crippen LogP contribution in [0.5, 0.6) is 0 Å². The second-order valence-corrected chi connectivity index (χ2v) is 5.88. The molecular weight excluding hydrogens is 266 g/mol. The lowest BCUT2D eigenvalue weighted by Gasteiger charge is -2.19. The highest BCUT2D eigenvalue weighted by molar-refractivity contribution is 7.89. The van der Waals surface area contributed by atoms with Crippen LogP contribution in [0.4, 0.5) is 5.95 Å². The van der Waals surface area contributed by atoms with E-state index in [1.54, 1.807) is 0 Å². The van der Waals surface area contributed by atoms with Gasteiger partial charge in [-0.15, -0.1) is 0 Å². The van der Waals surface area contributed by atoms with Gasteiger partial charge in [-0.05, 0) is 19.5 Å². The Morgan fingerprint density at radius 2 is 1.89 bits per heavy atom. The summed E-state index contributed by atoms with van der Waals surface area (Å²) in [4.78, 5) is 9.55. The predicted octanol–water partition coefficient (Wildman–Crippen LogP) is 0.0690. The number of likely N-dealkylation sites (N-methyl/N-ethyl adjacent to an activating group) is 1. The van der Waals surface area contributed by atoms with Crippen LogP contribution in [0.15, 0.2) is 17.3 Å². The number of nitrogen functional groups attached to an aromatic ring is 1. The SMILES string of the molecule is CCCN(CC)CCNS(=O)(=O)c1cnc(N)nc1. The molecule has 0 fully saturated rings. The highest BCUT2D eigenvalue weighted by Gasteiger charge is 2.14. The van der Waals surface area contributed by atoms with E-state index in [1.807, 2.05) is 0 Å². The third kappa shape index (κ3) is 5.09. The Bertz CT molecular complexity index is 474. The van der Waals surface area contributed by atoms with E-state index in [4.69, 9.17) is 5.73 Å². The molecule has 0 atom stereocenters. The van der Waals surface area contributed by atoms with Crippen molar-refractivity contribution in [3.63, 3.8) is 0 Å². The van der Waals surface area contributed by atoms with Crippen LogP contribution >= 0.6 is 0 Å². The normalized spacial score (nSPS) is 11.9. The molecule has 8 heteroatoms. The van der Waals surface area contributed by atoms with Crippen LogP contribution in [0.25, 0.3) is 0 Å². The van der Waals surface area contributed by atoms with Crippen LogP contribution in [-0.2, 0) is 10.0 Å². The summed E-state index contributed by atoms with van der Waals surface area (Å²) in [5.41, 5.74) is 5.32. The number of sulfonamides is 1. The Morgan fingerprint density at radius 3 is 2.42 bits per heavy atom. The molecule has 1 aromatic heterocycles. The second kappa shape index (κ2) is 7.37. The van der Waals surface area contributed by atoms with E-state index in [2.05, 4.69) is 33.4 Å². The molecule has 0 aliphatic heterocycles. The number of anilines is 1. The summed E-state index contributed by atoms with van der Waals surface area (Å²) in [6.07, 6.45) is 3.45. The highest BCUT2D eigenvalue weighted by atomic mass is 32.2. The molecule has 7 nitrogen and oxygen atoms in total. The van der Waals surface area contributed by atoms with Crippen molar-refractivity contribution in [2.24, 2.45) is 0 Å². The van der Waals surface area contributed by atoms with Crippen LogP contribution in [0.2, 0.25) is 0 Å². The first-order valence-corrected chi connectivity index (χ1v) is 7.77. The van der Waals surface area contributed by atoms with Crippen molar-refractivity contribution in [1.82, 2.24) is 19.6 Å². The Hall–Kier alpha value is -1.25. The quantitative estimate of drug-likeness (QED) is 0.701. The summed E-state index contributed by atoms with van der Waals surface area (Å²) in [6.45, 7) is 7.06. The summed E-state index contributed by atoms with van der Waals surface area (Å²) >= 11 is 0. The number of nitrogens with zero attached hydrogens (tertiary/aromatic N) is 3. The van der Waals surface area contributed by atoms with Crippen molar-refractivity contribution in [3.05, 3.63) is 12.4 Å². The van der Waals surface area contributed by atoms with Crippen molar-refractivity contribution in [1.29, 1.82) is 0 Å². The van der Waals surface area contributed by atoms with E-state index in [0.717, 1.165) is 19.5 Å². The molecule has 0 unspecified atom stereocenters. The third-order valence-corrected chi connectivity index (χ3v) is 4.08. The standard InChI is InChI=1S/C11H21N5O2S/c1-3-6-16(4-2)7-5-15-19(17,18)10-8-13-11(12)14-9-10/h8-9,15H,3-7H2,1-2H3,(H2,12,13,14). The number of nitrogens with two attached hydrogens (primary N) is 1. The van der Waals surface area contributed by atoms with Crippen LogP contribution in [0.3, 0.4) is 0 Å². The molecule has 0 saturated carbocycles. The molecule has 0 spiro atoms. The van der Waals surface area contributed by atoms with Gasteiger partial charge in [0.2, 0.25) is 16.0 Å². The molecule has 1 rings (SSSR count). The Labute approximate surface area is 114 Å². The van der Waals surface area contributed by atoms with E-state index >= 15 is 0 Å². The average Bonchev–Trinajstić information content (AvgIpc) is 2.38. The van der Waals surface area contributed by atoms with Gasteiger partial charge in [0.05, 0.1) is 12.4 Å². The molecule has 0 aromatic carbocycles. The monoisotopic (exact) mass is 287 g/mol. The Morgan fingerprint density at radius 1 is 1.26 bits per heavy atom. The lowest BCUT2D eigenvalue weighted by atomic mass is 10.4. The second-order valence-electron chi connectivity index (χ2n) is 4.11. The molecule has 1 heterocycles. The molecule has 0 amide bonds. The van der Waals surface area contributed by atoms with E-state index in [-0.39, 0.29) is 10.8 Å². The largest absolute Gasteiger partial charge is 0.368 e. The fourth-order valence-electron chi connectivity index (χ4n) is 1.63. The van der Waals surface area contributed by atoms with Gasteiger partial charge in [-0.25, -0.2) is 23.1 Å².